The summed E-state index contributed by atoms with van der Waals surface area (Å²) in [5, 5.41) is 8.79. The van der Waals surface area contributed by atoms with Crippen molar-refractivity contribution in [1.29, 1.82) is 5.26 Å². The fraction of sp³-hybridized carbons (Fsp3) is 0.125. The van der Waals surface area contributed by atoms with Gasteiger partial charge in [0.2, 0.25) is 0 Å². The average molecular weight is 264 g/mol. The number of carbonyl (C=O) groups excluding carboxylic acids is 1. The van der Waals surface area contributed by atoms with Gasteiger partial charge in [0, 0.05) is 6.54 Å². The number of para-hydroxylation sites is 2. The first kappa shape index (κ1) is 12.2. The Morgan fingerprint density at radius 3 is 2.65 bits per heavy atom. The van der Waals surface area contributed by atoms with E-state index in [2.05, 4.69) is 6.07 Å². The number of nitrogens with zero attached hydrogens (tertiary/aromatic N) is 2. The van der Waals surface area contributed by atoms with Crippen LogP contribution < -0.4 is 9.64 Å². The topological polar surface area (TPSA) is 53.3 Å². The van der Waals surface area contributed by atoms with Crippen LogP contribution in [0, 0.1) is 11.3 Å². The minimum atomic E-state index is -0.252. The molecule has 0 aliphatic carbocycles. The maximum absolute atomic E-state index is 11.6. The fourth-order valence-corrected chi connectivity index (χ4v) is 2.25. The predicted molar refractivity (Wildman–Crippen MR) is 74.3 cm³/mol. The molecule has 4 heteroatoms. The molecule has 0 unspecified atom stereocenters. The Balaban J connectivity index is 1.87. The maximum Gasteiger partial charge on any atom is 0.331 e. The number of ether oxygens (including phenoxy) is 1. The summed E-state index contributed by atoms with van der Waals surface area (Å²) in [5.41, 5.74) is 2.59. The van der Waals surface area contributed by atoms with Gasteiger partial charge in [-0.05, 0) is 29.8 Å². The molecule has 1 aliphatic heterocycles. The molecule has 0 saturated heterocycles. The number of carbonyl (C=O) groups is 1. The van der Waals surface area contributed by atoms with E-state index in [4.69, 9.17) is 10.00 Å². The molecular weight excluding hydrogens is 252 g/mol. The lowest BCUT2D eigenvalue weighted by Gasteiger charge is -2.29. The van der Waals surface area contributed by atoms with E-state index in [1.54, 1.807) is 18.2 Å². The second-order valence-corrected chi connectivity index (χ2v) is 4.61. The Kier molecular flexibility index (Phi) is 3.10. The maximum atomic E-state index is 11.6. The molecular formula is C16H12N2O2. The second-order valence-electron chi connectivity index (χ2n) is 4.61. The van der Waals surface area contributed by atoms with Gasteiger partial charge < -0.3 is 9.64 Å². The number of benzene rings is 2. The minimum absolute atomic E-state index is 0.233. The van der Waals surface area contributed by atoms with E-state index in [1.807, 2.05) is 35.2 Å². The van der Waals surface area contributed by atoms with Gasteiger partial charge in [0.1, 0.15) is 6.54 Å². The van der Waals surface area contributed by atoms with Crippen molar-refractivity contribution in [2.75, 3.05) is 11.4 Å². The Labute approximate surface area is 116 Å². The Morgan fingerprint density at radius 1 is 1.15 bits per heavy atom. The van der Waals surface area contributed by atoms with Gasteiger partial charge in [-0.25, -0.2) is 4.79 Å². The first-order valence-electron chi connectivity index (χ1n) is 6.30. The Morgan fingerprint density at radius 2 is 1.90 bits per heavy atom. The van der Waals surface area contributed by atoms with Crippen molar-refractivity contribution in [2.45, 2.75) is 6.54 Å². The van der Waals surface area contributed by atoms with Gasteiger partial charge in [-0.2, -0.15) is 5.26 Å². The number of hydrogen-bond donors (Lipinski definition) is 0. The molecule has 3 rings (SSSR count). The average Bonchev–Trinajstić information content (AvgIpc) is 2.48. The third-order valence-corrected chi connectivity index (χ3v) is 3.21. The van der Waals surface area contributed by atoms with E-state index < -0.39 is 0 Å². The molecule has 4 nitrogen and oxygen atoms in total. The number of nitriles is 1. The van der Waals surface area contributed by atoms with E-state index in [-0.39, 0.29) is 12.5 Å². The summed E-state index contributed by atoms with van der Waals surface area (Å²) in [6, 6.07) is 17.0. The third kappa shape index (κ3) is 2.34. The summed E-state index contributed by atoms with van der Waals surface area (Å²) in [6.07, 6.45) is 0. The van der Waals surface area contributed by atoms with Gasteiger partial charge in [0.15, 0.2) is 5.75 Å². The lowest BCUT2D eigenvalue weighted by atomic mass is 10.1. The zero-order valence-electron chi connectivity index (χ0n) is 10.7. The van der Waals surface area contributed by atoms with Crippen LogP contribution in [-0.2, 0) is 11.3 Å². The van der Waals surface area contributed by atoms with Crippen LogP contribution in [0.1, 0.15) is 11.1 Å². The normalized spacial score (nSPS) is 13.3. The van der Waals surface area contributed by atoms with E-state index in [9.17, 15) is 4.79 Å². The predicted octanol–water partition coefficient (Wildman–Crippen LogP) is 2.48. The molecule has 0 aromatic heterocycles. The van der Waals surface area contributed by atoms with Crippen LogP contribution in [0.4, 0.5) is 5.69 Å². The fourth-order valence-electron chi connectivity index (χ4n) is 2.25. The monoisotopic (exact) mass is 264 g/mol. The zero-order chi connectivity index (χ0) is 13.9. The quantitative estimate of drug-likeness (QED) is 0.617. The molecule has 1 aliphatic rings. The lowest BCUT2D eigenvalue weighted by molar-refractivity contribution is -0.133. The number of anilines is 1. The minimum Gasteiger partial charge on any atom is -0.423 e. The Hall–Kier alpha value is -2.80. The van der Waals surface area contributed by atoms with Gasteiger partial charge in [-0.1, -0.05) is 24.3 Å². The molecule has 0 radical (unpaired) electrons. The Bertz CT molecular complexity index is 686. The highest BCUT2D eigenvalue weighted by Crippen LogP contribution is 2.32. The standard InChI is InChI=1S/C16H12N2O2/c17-9-12-5-7-13(8-6-12)10-18-11-16(19)20-15-4-2-1-3-14(15)18/h1-8H,10-11H2. The van der Waals surface area contributed by atoms with Crippen molar-refractivity contribution in [2.24, 2.45) is 0 Å². The van der Waals surface area contributed by atoms with Crippen LogP contribution in [0.3, 0.4) is 0 Å². The highest BCUT2D eigenvalue weighted by Gasteiger charge is 2.23. The summed E-state index contributed by atoms with van der Waals surface area (Å²) >= 11 is 0. The highest BCUT2D eigenvalue weighted by molar-refractivity contribution is 5.84. The van der Waals surface area contributed by atoms with Crippen LogP contribution in [0.2, 0.25) is 0 Å². The van der Waals surface area contributed by atoms with Crippen molar-refractivity contribution in [3.8, 4) is 11.8 Å². The SMILES string of the molecule is N#Cc1ccc(CN2CC(=O)Oc3ccccc32)cc1. The molecule has 20 heavy (non-hydrogen) atoms. The van der Waals surface area contributed by atoms with Crippen LogP contribution in [0.15, 0.2) is 48.5 Å². The molecule has 2 aromatic rings. The van der Waals surface area contributed by atoms with Crippen LogP contribution >= 0.6 is 0 Å². The van der Waals surface area contributed by atoms with Crippen molar-refractivity contribution in [1.82, 2.24) is 0 Å². The smallest absolute Gasteiger partial charge is 0.331 e. The zero-order valence-corrected chi connectivity index (χ0v) is 10.7. The number of fused-ring (bicyclic) bond motifs is 1. The van der Waals surface area contributed by atoms with Gasteiger partial charge in [-0.15, -0.1) is 0 Å². The molecule has 0 fully saturated rings. The number of esters is 1. The molecule has 0 N–H and O–H groups in total. The summed E-state index contributed by atoms with van der Waals surface area (Å²) in [6.45, 7) is 0.842. The molecule has 2 aromatic carbocycles. The van der Waals surface area contributed by atoms with Gasteiger partial charge in [-0.3, -0.25) is 0 Å². The van der Waals surface area contributed by atoms with Gasteiger partial charge in [0.25, 0.3) is 0 Å². The summed E-state index contributed by atoms with van der Waals surface area (Å²) in [4.78, 5) is 13.6. The first-order valence-corrected chi connectivity index (χ1v) is 6.30. The van der Waals surface area contributed by atoms with Crippen LogP contribution in [0.25, 0.3) is 0 Å². The largest absolute Gasteiger partial charge is 0.423 e. The van der Waals surface area contributed by atoms with Crippen molar-refractivity contribution >= 4 is 11.7 Å². The summed E-state index contributed by atoms with van der Waals surface area (Å²) in [5.74, 6) is 0.342. The molecule has 1 heterocycles. The first-order chi connectivity index (χ1) is 9.76. The van der Waals surface area contributed by atoms with E-state index in [1.165, 1.54) is 0 Å². The molecule has 0 atom stereocenters. The van der Waals surface area contributed by atoms with Crippen LogP contribution in [0.5, 0.6) is 5.75 Å². The van der Waals surface area contributed by atoms with Gasteiger partial charge >= 0.3 is 5.97 Å². The second kappa shape index (κ2) is 5.06. The van der Waals surface area contributed by atoms with E-state index in [0.717, 1.165) is 11.3 Å². The lowest BCUT2D eigenvalue weighted by Crippen LogP contribution is -2.36. The highest BCUT2D eigenvalue weighted by atomic mass is 16.5. The number of rotatable bonds is 2. The van der Waals surface area contributed by atoms with Crippen molar-refractivity contribution in [3.63, 3.8) is 0 Å². The molecule has 0 amide bonds. The molecule has 0 saturated carbocycles. The van der Waals surface area contributed by atoms with Crippen molar-refractivity contribution in [3.05, 3.63) is 59.7 Å². The van der Waals surface area contributed by atoms with E-state index in [0.29, 0.717) is 17.9 Å². The van der Waals surface area contributed by atoms with Gasteiger partial charge in [0.05, 0.1) is 17.3 Å². The number of hydrogen-bond acceptors (Lipinski definition) is 4. The summed E-state index contributed by atoms with van der Waals surface area (Å²) in [7, 11) is 0. The third-order valence-electron chi connectivity index (χ3n) is 3.21. The molecule has 0 bridgehead atoms. The van der Waals surface area contributed by atoms with E-state index >= 15 is 0 Å². The van der Waals surface area contributed by atoms with Crippen molar-refractivity contribution < 1.29 is 9.53 Å². The van der Waals surface area contributed by atoms with Crippen LogP contribution in [-0.4, -0.2) is 12.5 Å². The summed E-state index contributed by atoms with van der Waals surface area (Å²) < 4.78 is 5.21. The molecule has 98 valence electrons. The molecule has 0 spiro atoms.